The van der Waals surface area contributed by atoms with E-state index in [9.17, 15) is 0 Å². The normalized spacial score (nSPS) is 12.0. The molecular formula is C64H40N2O. The molecule has 0 N–H and O–H groups in total. The summed E-state index contributed by atoms with van der Waals surface area (Å²) >= 11 is 0. The number of para-hydroxylation sites is 2. The lowest BCUT2D eigenvalue weighted by atomic mass is 9.88. The maximum absolute atomic E-state index is 7.07. The second kappa shape index (κ2) is 14.8. The molecule has 0 saturated carbocycles. The lowest BCUT2D eigenvalue weighted by Crippen LogP contribution is -2.11. The number of ether oxygens (including phenoxy) is 1. The van der Waals surface area contributed by atoms with Gasteiger partial charge in [0.15, 0.2) is 0 Å². The fraction of sp³-hybridized carbons (Fsp3) is 0. The Bertz CT molecular complexity index is 4140. The van der Waals surface area contributed by atoms with Gasteiger partial charge in [-0.15, -0.1) is 0 Å². The number of nitrogens with zero attached hydrogens (tertiary/aromatic N) is 2. The van der Waals surface area contributed by atoms with Crippen LogP contribution in [0, 0.1) is 0 Å². The smallest absolute Gasteiger partial charge is 0.137 e. The summed E-state index contributed by atoms with van der Waals surface area (Å²) in [6.45, 7) is 0. The summed E-state index contributed by atoms with van der Waals surface area (Å²) in [7, 11) is 0. The van der Waals surface area contributed by atoms with Crippen LogP contribution in [-0.4, -0.2) is 0 Å². The van der Waals surface area contributed by atoms with Crippen molar-refractivity contribution in [3.63, 3.8) is 0 Å². The summed E-state index contributed by atoms with van der Waals surface area (Å²) in [5.74, 6) is 1.69. The Morgan fingerprint density at radius 3 is 1.28 bits per heavy atom. The largest absolute Gasteiger partial charge is 0.456 e. The summed E-state index contributed by atoms with van der Waals surface area (Å²) in [6.07, 6.45) is 0. The van der Waals surface area contributed by atoms with Gasteiger partial charge in [0.1, 0.15) is 11.5 Å². The Labute approximate surface area is 387 Å². The highest BCUT2D eigenvalue weighted by atomic mass is 16.5. The van der Waals surface area contributed by atoms with E-state index in [1.54, 1.807) is 0 Å². The molecule has 67 heavy (non-hydrogen) atoms. The molecule has 1 aliphatic heterocycles. The van der Waals surface area contributed by atoms with Crippen LogP contribution in [0.25, 0.3) is 86.5 Å². The van der Waals surface area contributed by atoms with E-state index < -0.39 is 0 Å². The average molecular weight is 853 g/mol. The van der Waals surface area contributed by atoms with E-state index in [1.807, 2.05) is 0 Å². The topological polar surface area (TPSA) is 15.7 Å². The maximum atomic E-state index is 7.07. The van der Waals surface area contributed by atoms with Crippen molar-refractivity contribution in [3.05, 3.63) is 243 Å². The lowest BCUT2D eigenvalue weighted by molar-refractivity contribution is 0.487. The predicted molar refractivity (Wildman–Crippen MR) is 284 cm³/mol. The number of benzene rings is 13. The van der Waals surface area contributed by atoms with Crippen LogP contribution in [0.3, 0.4) is 0 Å². The summed E-state index contributed by atoms with van der Waals surface area (Å²) in [5, 5.41) is 16.8. The van der Waals surface area contributed by atoms with Crippen LogP contribution in [0.5, 0.6) is 11.5 Å². The van der Waals surface area contributed by atoms with Crippen molar-refractivity contribution < 1.29 is 4.74 Å². The minimum Gasteiger partial charge on any atom is -0.456 e. The fourth-order valence-corrected chi connectivity index (χ4v) is 11.0. The minimum atomic E-state index is 0.835. The zero-order valence-electron chi connectivity index (χ0n) is 36.4. The number of rotatable bonds is 6. The zero-order chi connectivity index (χ0) is 44.0. The van der Waals surface area contributed by atoms with E-state index in [-0.39, 0.29) is 0 Å². The van der Waals surface area contributed by atoms with Crippen LogP contribution >= 0.6 is 0 Å². The van der Waals surface area contributed by atoms with E-state index in [4.69, 9.17) is 4.74 Å². The summed E-state index contributed by atoms with van der Waals surface area (Å²) < 4.78 is 7.07. The van der Waals surface area contributed by atoms with E-state index in [0.717, 1.165) is 62.0 Å². The molecule has 1 heterocycles. The maximum Gasteiger partial charge on any atom is 0.137 e. The zero-order valence-corrected chi connectivity index (χ0v) is 36.4. The second-order valence-corrected chi connectivity index (χ2v) is 17.6. The minimum absolute atomic E-state index is 0.835. The number of fused-ring (bicyclic) bond motifs is 12. The molecule has 312 valence electrons. The van der Waals surface area contributed by atoms with E-state index in [1.165, 1.54) is 70.2 Å². The van der Waals surface area contributed by atoms with Crippen LogP contribution in [0.2, 0.25) is 0 Å². The quantitative estimate of drug-likeness (QED) is 0.155. The van der Waals surface area contributed by atoms with Crippen molar-refractivity contribution in [3.8, 4) is 22.6 Å². The standard InChI is InChI=1S/C64H40N2O/c1-3-20-43(21-4-1)65(59-36-41-18-7-9-24-46(41)48-26-11-14-29-51(48)59)45-34-35-54-58-39-56-50-28-13-16-31-53(50)61(40-57(56)55-32-17-33-62(64(55)58)67-63(54)38-45)66(44-22-5-2-6-23-44)60-37-42-19-8-10-25-47(42)49-27-12-15-30-52(49)60/h1-40H. The van der Waals surface area contributed by atoms with Crippen LogP contribution in [0.15, 0.2) is 243 Å². The predicted octanol–water partition coefficient (Wildman–Crippen LogP) is 18.5. The Hall–Kier alpha value is -8.92. The first kappa shape index (κ1) is 37.5. The van der Waals surface area contributed by atoms with Crippen molar-refractivity contribution >= 4 is 110 Å². The van der Waals surface area contributed by atoms with Crippen molar-refractivity contribution in [1.82, 2.24) is 0 Å². The van der Waals surface area contributed by atoms with E-state index in [0.29, 0.717) is 0 Å². The Balaban J connectivity index is 0.994. The molecule has 13 aromatic carbocycles. The fourth-order valence-electron chi connectivity index (χ4n) is 11.0. The average Bonchev–Trinajstić information content (AvgIpc) is 3.39. The van der Waals surface area contributed by atoms with Gasteiger partial charge in [0.25, 0.3) is 0 Å². The molecule has 14 rings (SSSR count). The summed E-state index contributed by atoms with van der Waals surface area (Å²) in [5.41, 5.74) is 8.84. The summed E-state index contributed by atoms with van der Waals surface area (Å²) in [6, 6.07) is 88.2. The van der Waals surface area contributed by atoms with Gasteiger partial charge >= 0.3 is 0 Å². The van der Waals surface area contributed by atoms with Gasteiger partial charge in [-0.25, -0.2) is 0 Å². The monoisotopic (exact) mass is 852 g/mol. The van der Waals surface area contributed by atoms with Gasteiger partial charge in [0.05, 0.1) is 17.1 Å². The van der Waals surface area contributed by atoms with Gasteiger partial charge < -0.3 is 14.5 Å². The molecule has 0 unspecified atom stereocenters. The van der Waals surface area contributed by atoms with Gasteiger partial charge in [-0.05, 0) is 126 Å². The first-order valence-corrected chi connectivity index (χ1v) is 23.0. The molecule has 1 aliphatic rings. The summed E-state index contributed by atoms with van der Waals surface area (Å²) in [4.78, 5) is 4.84. The molecule has 0 bridgehead atoms. The van der Waals surface area contributed by atoms with Crippen LogP contribution in [0.1, 0.15) is 0 Å². The molecule has 0 aliphatic carbocycles. The van der Waals surface area contributed by atoms with Crippen LogP contribution in [0.4, 0.5) is 34.1 Å². The third kappa shape index (κ3) is 5.78. The van der Waals surface area contributed by atoms with Gasteiger partial charge in [0.2, 0.25) is 0 Å². The molecule has 0 spiro atoms. The highest BCUT2D eigenvalue weighted by molar-refractivity contribution is 6.26. The highest BCUT2D eigenvalue weighted by Gasteiger charge is 2.27. The van der Waals surface area contributed by atoms with Gasteiger partial charge in [0, 0.05) is 50.2 Å². The molecule has 3 heteroatoms. The molecule has 0 radical (unpaired) electrons. The van der Waals surface area contributed by atoms with Crippen molar-refractivity contribution in [2.45, 2.75) is 0 Å². The van der Waals surface area contributed by atoms with Crippen molar-refractivity contribution in [1.29, 1.82) is 0 Å². The van der Waals surface area contributed by atoms with Gasteiger partial charge in [-0.3, -0.25) is 0 Å². The molecule has 0 saturated heterocycles. The third-order valence-corrected chi connectivity index (χ3v) is 13.9. The number of hydrogen-bond donors (Lipinski definition) is 0. The first-order valence-electron chi connectivity index (χ1n) is 23.0. The molecule has 13 aromatic rings. The SMILES string of the molecule is c1ccc(N(c2ccc3c(c2)Oc2cccc4c2c-3cc2c3ccccc3c(N(c3ccccc3)c3cc5ccccc5c5ccccc35)cc42)c2cc3ccccc3c3ccccc23)cc1. The Kier molecular flexibility index (Phi) is 8.28. The van der Waals surface area contributed by atoms with Gasteiger partial charge in [-0.2, -0.15) is 0 Å². The van der Waals surface area contributed by atoms with Crippen molar-refractivity contribution in [2.24, 2.45) is 0 Å². The second-order valence-electron chi connectivity index (χ2n) is 17.6. The Morgan fingerprint density at radius 1 is 0.239 bits per heavy atom. The van der Waals surface area contributed by atoms with Crippen molar-refractivity contribution in [2.75, 3.05) is 9.80 Å². The molecular weight excluding hydrogens is 813 g/mol. The van der Waals surface area contributed by atoms with E-state index >= 15 is 0 Å². The van der Waals surface area contributed by atoms with Crippen LogP contribution in [-0.2, 0) is 0 Å². The lowest BCUT2D eigenvalue weighted by Gasteiger charge is -2.30. The van der Waals surface area contributed by atoms with Crippen LogP contribution < -0.4 is 14.5 Å². The molecule has 3 nitrogen and oxygen atoms in total. The molecule has 0 atom stereocenters. The number of hydrogen-bond acceptors (Lipinski definition) is 3. The van der Waals surface area contributed by atoms with Gasteiger partial charge in [-0.1, -0.05) is 170 Å². The third-order valence-electron chi connectivity index (χ3n) is 13.9. The molecule has 0 aromatic heterocycles. The highest BCUT2D eigenvalue weighted by Crippen LogP contribution is 2.54. The first-order chi connectivity index (χ1) is 33.2. The Morgan fingerprint density at radius 2 is 0.687 bits per heavy atom. The number of anilines is 6. The van der Waals surface area contributed by atoms with E-state index in [2.05, 4.69) is 252 Å². The molecule has 0 fully saturated rings. The molecule has 0 amide bonds.